The zero-order valence-electron chi connectivity index (χ0n) is 20.3. The molecule has 0 unspecified atom stereocenters. The lowest BCUT2D eigenvalue weighted by molar-refractivity contribution is -0.121. The van der Waals surface area contributed by atoms with Gasteiger partial charge in [0.2, 0.25) is 40.7 Å². The molecule has 2 heterocycles. The number of imide groups is 1. The highest BCUT2D eigenvalue weighted by Crippen LogP contribution is 2.36. The molecule has 1 aliphatic heterocycles. The zero-order chi connectivity index (χ0) is 28.1. The van der Waals surface area contributed by atoms with E-state index in [0.29, 0.717) is 29.0 Å². The van der Waals surface area contributed by atoms with Crippen molar-refractivity contribution >= 4 is 33.9 Å². The standard InChI is InChI=1S/C26H18F5N3O4S/c1-26(24(35)33-25(36)39-26)10-12-3-5-13(6-4-12)37-11-17-32-15-8-7-14(9-16(15)34(17)2)38-23-21(30)19(28)18(27)20(29)22(23)31/h3-9H,10-11H2,1-2H3,(H,33,35,36)/t26-/m1/s1. The van der Waals surface area contributed by atoms with Gasteiger partial charge in [-0.15, -0.1) is 0 Å². The van der Waals surface area contributed by atoms with E-state index in [0.717, 1.165) is 17.3 Å². The zero-order valence-corrected chi connectivity index (χ0v) is 21.1. The molecule has 2 amide bonds. The number of aryl methyl sites for hydroxylation is 1. The Bertz CT molecular complexity index is 1610. The Morgan fingerprint density at radius 1 is 0.923 bits per heavy atom. The highest BCUT2D eigenvalue weighted by atomic mass is 32.2. The summed E-state index contributed by atoms with van der Waals surface area (Å²) in [6.07, 6.45) is 0.357. The lowest BCUT2D eigenvalue weighted by atomic mass is 9.99. The monoisotopic (exact) mass is 563 g/mol. The molecule has 1 aliphatic rings. The van der Waals surface area contributed by atoms with Crippen LogP contribution in [0.3, 0.4) is 0 Å². The molecule has 0 spiro atoms. The highest BCUT2D eigenvalue weighted by molar-refractivity contribution is 8.16. The van der Waals surface area contributed by atoms with Gasteiger partial charge in [0.25, 0.3) is 5.24 Å². The molecule has 7 nitrogen and oxygen atoms in total. The molecule has 3 aromatic carbocycles. The molecule has 5 rings (SSSR count). The largest absolute Gasteiger partial charge is 0.486 e. The predicted octanol–water partition coefficient (Wildman–Crippen LogP) is 5.92. The van der Waals surface area contributed by atoms with Crippen molar-refractivity contribution in [2.45, 2.75) is 24.7 Å². The Hall–Kier alpha value is -4.13. The van der Waals surface area contributed by atoms with Gasteiger partial charge in [-0.05, 0) is 54.9 Å². The first-order valence-corrected chi connectivity index (χ1v) is 12.2. The van der Waals surface area contributed by atoms with E-state index in [4.69, 9.17) is 9.47 Å². The van der Waals surface area contributed by atoms with Gasteiger partial charge in [0.15, 0.2) is 0 Å². The second-order valence-electron chi connectivity index (χ2n) is 8.92. The minimum absolute atomic E-state index is 0.0445. The lowest BCUT2D eigenvalue weighted by Crippen LogP contribution is -2.35. The highest BCUT2D eigenvalue weighted by Gasteiger charge is 2.43. The van der Waals surface area contributed by atoms with Crippen LogP contribution in [-0.4, -0.2) is 25.4 Å². The molecule has 4 aromatic rings. The van der Waals surface area contributed by atoms with Crippen molar-refractivity contribution in [3.8, 4) is 17.2 Å². The van der Waals surface area contributed by atoms with E-state index in [1.54, 1.807) is 42.8 Å². The topological polar surface area (TPSA) is 82.5 Å². The molecular formula is C26H18F5N3O4S. The molecule has 0 saturated carbocycles. The van der Waals surface area contributed by atoms with E-state index in [2.05, 4.69) is 10.3 Å². The van der Waals surface area contributed by atoms with Crippen LogP contribution in [0.5, 0.6) is 17.2 Å². The van der Waals surface area contributed by atoms with Gasteiger partial charge >= 0.3 is 0 Å². The maximum atomic E-state index is 14.0. The second-order valence-corrected chi connectivity index (χ2v) is 10.4. The molecule has 1 aromatic heterocycles. The van der Waals surface area contributed by atoms with Gasteiger partial charge in [-0.25, -0.2) is 18.2 Å². The Labute approximate surface area is 221 Å². The third-order valence-corrected chi connectivity index (χ3v) is 7.25. The third-order valence-electron chi connectivity index (χ3n) is 6.18. The van der Waals surface area contributed by atoms with Crippen LogP contribution in [-0.2, 0) is 24.9 Å². The summed E-state index contributed by atoms with van der Waals surface area (Å²) in [5.41, 5.74) is 1.78. The average molecular weight is 564 g/mol. The summed E-state index contributed by atoms with van der Waals surface area (Å²) in [5, 5.41) is 1.91. The summed E-state index contributed by atoms with van der Waals surface area (Å²) in [5.74, 6) is -11.6. The van der Waals surface area contributed by atoms with Crippen LogP contribution in [0, 0.1) is 29.1 Å². The number of nitrogens with one attached hydrogen (secondary N) is 1. The molecule has 0 aliphatic carbocycles. The maximum Gasteiger partial charge on any atom is 0.286 e. The summed E-state index contributed by atoms with van der Waals surface area (Å²) in [4.78, 5) is 28.0. The van der Waals surface area contributed by atoms with Crippen molar-refractivity contribution in [2.24, 2.45) is 7.05 Å². The number of rotatable bonds is 7. The smallest absolute Gasteiger partial charge is 0.286 e. The van der Waals surface area contributed by atoms with Gasteiger partial charge in [0.1, 0.15) is 28.7 Å². The van der Waals surface area contributed by atoms with Crippen molar-refractivity contribution in [2.75, 3.05) is 0 Å². The van der Waals surface area contributed by atoms with Crippen LogP contribution >= 0.6 is 11.8 Å². The van der Waals surface area contributed by atoms with Crippen molar-refractivity contribution in [3.63, 3.8) is 0 Å². The number of benzene rings is 3. The van der Waals surface area contributed by atoms with Crippen LogP contribution in [0.1, 0.15) is 18.3 Å². The fourth-order valence-electron chi connectivity index (χ4n) is 4.06. The number of hydrogen-bond acceptors (Lipinski definition) is 6. The third kappa shape index (κ3) is 4.89. The van der Waals surface area contributed by atoms with Crippen molar-refractivity contribution in [3.05, 3.63) is 82.9 Å². The molecule has 0 radical (unpaired) electrons. The van der Waals surface area contributed by atoms with Gasteiger partial charge in [-0.1, -0.05) is 12.1 Å². The summed E-state index contributed by atoms with van der Waals surface area (Å²) in [7, 11) is 1.66. The van der Waals surface area contributed by atoms with Gasteiger partial charge < -0.3 is 14.0 Å². The van der Waals surface area contributed by atoms with E-state index in [-0.39, 0.29) is 23.5 Å². The number of carbonyl (C=O) groups excluding carboxylic acids is 2. The van der Waals surface area contributed by atoms with E-state index >= 15 is 0 Å². The number of amides is 2. The van der Waals surface area contributed by atoms with Gasteiger partial charge in [-0.2, -0.15) is 8.78 Å². The summed E-state index contributed by atoms with van der Waals surface area (Å²) < 4.78 is 79.9. The number of thioether (sulfide) groups is 1. The van der Waals surface area contributed by atoms with Crippen LogP contribution in [0.15, 0.2) is 42.5 Å². The number of ether oxygens (including phenoxy) is 2. The number of halogens is 5. The van der Waals surface area contributed by atoms with Crippen molar-refractivity contribution in [1.29, 1.82) is 0 Å². The molecule has 39 heavy (non-hydrogen) atoms. The minimum atomic E-state index is -2.27. The first-order chi connectivity index (χ1) is 18.5. The molecule has 1 saturated heterocycles. The van der Waals surface area contributed by atoms with Crippen molar-refractivity contribution < 1.29 is 41.0 Å². The molecule has 1 fully saturated rings. The Kier molecular flexibility index (Phi) is 6.70. The lowest BCUT2D eigenvalue weighted by Gasteiger charge is -2.18. The van der Waals surface area contributed by atoms with Crippen LogP contribution in [0.2, 0.25) is 0 Å². The fraction of sp³-hybridized carbons (Fsp3) is 0.192. The number of hydrogen-bond donors (Lipinski definition) is 1. The minimum Gasteiger partial charge on any atom is -0.486 e. The normalized spacial score (nSPS) is 17.1. The first kappa shape index (κ1) is 26.5. The van der Waals surface area contributed by atoms with Gasteiger partial charge in [0.05, 0.1) is 11.0 Å². The molecule has 202 valence electrons. The summed E-state index contributed by atoms with van der Waals surface area (Å²) >= 11 is 0.954. The maximum absolute atomic E-state index is 14.0. The molecule has 1 N–H and O–H groups in total. The average Bonchev–Trinajstić information content (AvgIpc) is 3.36. The SMILES string of the molecule is Cn1c(COc2ccc(C[C@@]3(C)SC(=O)NC3=O)cc2)nc2ccc(Oc3c(F)c(F)c(F)c(F)c3F)cc21. The number of fused-ring (bicyclic) bond motifs is 1. The number of nitrogens with zero attached hydrogens (tertiary/aromatic N) is 2. The van der Waals surface area contributed by atoms with E-state index < -0.39 is 39.6 Å². The van der Waals surface area contributed by atoms with E-state index in [9.17, 15) is 31.5 Å². The van der Waals surface area contributed by atoms with Gasteiger partial charge in [0, 0.05) is 13.1 Å². The Balaban J connectivity index is 1.29. The number of aromatic nitrogens is 2. The molecule has 0 bridgehead atoms. The number of carbonyl (C=O) groups is 2. The first-order valence-electron chi connectivity index (χ1n) is 11.4. The van der Waals surface area contributed by atoms with Crippen LogP contribution in [0.25, 0.3) is 11.0 Å². The van der Waals surface area contributed by atoms with Crippen molar-refractivity contribution in [1.82, 2.24) is 14.9 Å². The molecule has 1 atom stereocenters. The van der Waals surface area contributed by atoms with E-state index in [1.165, 1.54) is 18.2 Å². The predicted molar refractivity (Wildman–Crippen MR) is 131 cm³/mol. The summed E-state index contributed by atoms with van der Waals surface area (Å²) in [6, 6.07) is 11.1. The molecular weight excluding hydrogens is 545 g/mol. The summed E-state index contributed by atoms with van der Waals surface area (Å²) in [6.45, 7) is 1.75. The molecule has 13 heteroatoms. The number of imidazole rings is 1. The quantitative estimate of drug-likeness (QED) is 0.171. The van der Waals surface area contributed by atoms with E-state index in [1.807, 2.05) is 0 Å². The van der Waals surface area contributed by atoms with Gasteiger partial charge in [-0.3, -0.25) is 14.9 Å². The Morgan fingerprint density at radius 3 is 2.15 bits per heavy atom. The van der Waals surface area contributed by atoms with Crippen LogP contribution < -0.4 is 14.8 Å². The fourth-order valence-corrected chi connectivity index (χ4v) is 5.00. The van der Waals surface area contributed by atoms with Crippen LogP contribution in [0.4, 0.5) is 26.7 Å². The second kappa shape index (κ2) is 9.88. The Morgan fingerprint density at radius 2 is 1.54 bits per heavy atom.